The molecule has 0 fully saturated rings. The molecule has 2 aromatic rings. The van der Waals surface area contributed by atoms with Crippen molar-refractivity contribution in [1.82, 2.24) is 5.43 Å². The first kappa shape index (κ1) is 16.3. The van der Waals surface area contributed by atoms with E-state index < -0.39 is 6.09 Å². The van der Waals surface area contributed by atoms with Crippen LogP contribution in [0.4, 0.5) is 4.79 Å². The number of carbonyl (C=O) groups is 1. The van der Waals surface area contributed by atoms with E-state index in [1.165, 1.54) is 0 Å². The van der Waals surface area contributed by atoms with Gasteiger partial charge in [-0.05, 0) is 24.1 Å². The molecule has 22 heavy (non-hydrogen) atoms. The fourth-order valence-corrected chi connectivity index (χ4v) is 2.29. The number of aryl methyl sites for hydroxylation is 1. The van der Waals surface area contributed by atoms with E-state index in [1.807, 2.05) is 29.7 Å². The Labute approximate surface area is 138 Å². The SMILES string of the molecule is O=C(O)N/N=C(/c1ccc(Cl)cc1)c1ccc(CCCl)cc1. The van der Waals surface area contributed by atoms with Gasteiger partial charge in [0, 0.05) is 22.0 Å². The Hall–Kier alpha value is -2.04. The molecule has 0 unspecified atom stereocenters. The number of amides is 1. The van der Waals surface area contributed by atoms with Crippen LogP contribution in [0.2, 0.25) is 5.02 Å². The molecular formula is C16H14Cl2N2O2. The molecule has 0 saturated carbocycles. The minimum Gasteiger partial charge on any atom is -0.464 e. The van der Waals surface area contributed by atoms with Crippen LogP contribution in [-0.4, -0.2) is 22.8 Å². The minimum absolute atomic E-state index is 0.525. The maximum absolute atomic E-state index is 10.7. The van der Waals surface area contributed by atoms with Gasteiger partial charge in [0.25, 0.3) is 0 Å². The van der Waals surface area contributed by atoms with Crippen LogP contribution in [0.5, 0.6) is 0 Å². The molecule has 0 radical (unpaired) electrons. The predicted molar refractivity (Wildman–Crippen MR) is 89.1 cm³/mol. The van der Waals surface area contributed by atoms with Crippen LogP contribution in [0.25, 0.3) is 0 Å². The summed E-state index contributed by atoms with van der Waals surface area (Å²) in [6, 6.07) is 14.7. The Morgan fingerprint density at radius 1 is 1.05 bits per heavy atom. The zero-order chi connectivity index (χ0) is 15.9. The van der Waals surface area contributed by atoms with Crippen molar-refractivity contribution < 1.29 is 9.90 Å². The highest BCUT2D eigenvalue weighted by molar-refractivity contribution is 6.30. The van der Waals surface area contributed by atoms with Gasteiger partial charge < -0.3 is 5.11 Å². The molecule has 0 aliphatic carbocycles. The summed E-state index contributed by atoms with van der Waals surface area (Å²) in [5.74, 6) is 0.554. The molecule has 0 aromatic heterocycles. The normalized spacial score (nSPS) is 11.3. The van der Waals surface area contributed by atoms with Gasteiger partial charge in [0.05, 0.1) is 5.71 Å². The topological polar surface area (TPSA) is 61.7 Å². The lowest BCUT2D eigenvalue weighted by molar-refractivity contribution is 0.195. The first-order chi connectivity index (χ1) is 10.6. The average Bonchev–Trinajstić information content (AvgIpc) is 2.51. The van der Waals surface area contributed by atoms with Crippen molar-refractivity contribution in [3.05, 3.63) is 70.2 Å². The summed E-state index contributed by atoms with van der Waals surface area (Å²) in [6.07, 6.45) is -0.437. The quantitative estimate of drug-likeness (QED) is 0.489. The molecule has 114 valence electrons. The standard InChI is InChI=1S/C16H14Cl2N2O2/c17-10-9-11-1-3-12(4-2-11)15(19-20-16(21)22)13-5-7-14(18)8-6-13/h1-8,20H,9-10H2,(H,21,22)/b19-15+. The summed E-state index contributed by atoms with van der Waals surface area (Å²) in [5.41, 5.74) is 5.25. The van der Waals surface area contributed by atoms with Crippen molar-refractivity contribution in [3.8, 4) is 0 Å². The van der Waals surface area contributed by atoms with Gasteiger partial charge in [0.1, 0.15) is 0 Å². The van der Waals surface area contributed by atoms with Crippen molar-refractivity contribution in [2.24, 2.45) is 5.10 Å². The molecule has 4 nitrogen and oxygen atoms in total. The lowest BCUT2D eigenvalue weighted by Crippen LogP contribution is -2.18. The Bertz CT molecular complexity index is 668. The Balaban J connectivity index is 2.37. The number of hydrogen-bond acceptors (Lipinski definition) is 2. The van der Waals surface area contributed by atoms with Gasteiger partial charge in [-0.2, -0.15) is 5.10 Å². The van der Waals surface area contributed by atoms with Crippen LogP contribution < -0.4 is 5.43 Å². The molecule has 0 spiro atoms. The molecule has 2 N–H and O–H groups in total. The fraction of sp³-hybridized carbons (Fsp3) is 0.125. The van der Waals surface area contributed by atoms with E-state index in [9.17, 15) is 4.79 Å². The number of nitrogens with zero attached hydrogens (tertiary/aromatic N) is 1. The molecule has 0 atom stereocenters. The van der Waals surface area contributed by atoms with Crippen LogP contribution in [0, 0.1) is 0 Å². The number of alkyl halides is 1. The van der Waals surface area contributed by atoms with E-state index in [4.69, 9.17) is 28.3 Å². The maximum Gasteiger partial charge on any atom is 0.425 e. The number of halogens is 2. The van der Waals surface area contributed by atoms with Gasteiger partial charge in [-0.3, -0.25) is 0 Å². The van der Waals surface area contributed by atoms with E-state index in [2.05, 4.69) is 5.10 Å². The first-order valence-electron chi connectivity index (χ1n) is 6.58. The van der Waals surface area contributed by atoms with Crippen molar-refractivity contribution in [2.75, 3.05) is 5.88 Å². The van der Waals surface area contributed by atoms with Crippen LogP contribution in [0.1, 0.15) is 16.7 Å². The zero-order valence-electron chi connectivity index (χ0n) is 11.6. The molecule has 2 aromatic carbocycles. The predicted octanol–water partition coefficient (Wildman–Crippen LogP) is 4.14. The zero-order valence-corrected chi connectivity index (χ0v) is 13.1. The summed E-state index contributed by atoms with van der Waals surface area (Å²) >= 11 is 11.6. The van der Waals surface area contributed by atoms with Gasteiger partial charge >= 0.3 is 6.09 Å². The largest absolute Gasteiger partial charge is 0.464 e. The number of rotatable bonds is 5. The summed E-state index contributed by atoms with van der Waals surface area (Å²) in [4.78, 5) is 10.7. The molecule has 0 bridgehead atoms. The highest BCUT2D eigenvalue weighted by Gasteiger charge is 2.08. The maximum atomic E-state index is 10.7. The molecular weight excluding hydrogens is 323 g/mol. The lowest BCUT2D eigenvalue weighted by Gasteiger charge is -2.08. The van der Waals surface area contributed by atoms with Gasteiger partial charge in [-0.1, -0.05) is 48.0 Å². The van der Waals surface area contributed by atoms with Gasteiger partial charge in [0.15, 0.2) is 0 Å². The third-order valence-electron chi connectivity index (χ3n) is 2.99. The second kappa shape index (κ2) is 7.82. The van der Waals surface area contributed by atoms with Crippen LogP contribution in [-0.2, 0) is 6.42 Å². The smallest absolute Gasteiger partial charge is 0.425 e. The van der Waals surface area contributed by atoms with Crippen LogP contribution in [0.15, 0.2) is 53.6 Å². The second-order valence-electron chi connectivity index (χ2n) is 4.52. The highest BCUT2D eigenvalue weighted by Crippen LogP contribution is 2.16. The van der Waals surface area contributed by atoms with Crippen molar-refractivity contribution in [2.45, 2.75) is 6.42 Å². The highest BCUT2D eigenvalue weighted by atomic mass is 35.5. The molecule has 0 aliphatic heterocycles. The Morgan fingerprint density at radius 3 is 2.09 bits per heavy atom. The second-order valence-corrected chi connectivity index (χ2v) is 5.33. The summed E-state index contributed by atoms with van der Waals surface area (Å²) in [5, 5.41) is 13.3. The third kappa shape index (κ3) is 4.48. The van der Waals surface area contributed by atoms with E-state index in [0.717, 1.165) is 23.1 Å². The number of benzene rings is 2. The monoisotopic (exact) mass is 336 g/mol. The van der Waals surface area contributed by atoms with Crippen molar-refractivity contribution in [1.29, 1.82) is 0 Å². The molecule has 0 heterocycles. The molecule has 0 aliphatic rings. The van der Waals surface area contributed by atoms with E-state index in [-0.39, 0.29) is 0 Å². The number of nitrogens with one attached hydrogen (secondary N) is 1. The number of hydrogen-bond donors (Lipinski definition) is 2. The van der Waals surface area contributed by atoms with Crippen LogP contribution >= 0.6 is 23.2 Å². The first-order valence-corrected chi connectivity index (χ1v) is 7.49. The van der Waals surface area contributed by atoms with Crippen molar-refractivity contribution >= 4 is 35.0 Å². The van der Waals surface area contributed by atoms with Crippen LogP contribution in [0.3, 0.4) is 0 Å². The lowest BCUT2D eigenvalue weighted by atomic mass is 10.0. The molecule has 2 rings (SSSR count). The summed E-state index contributed by atoms with van der Waals surface area (Å²) < 4.78 is 0. The molecule has 1 amide bonds. The van der Waals surface area contributed by atoms with Gasteiger partial charge in [-0.15, -0.1) is 11.6 Å². The summed E-state index contributed by atoms with van der Waals surface area (Å²) in [6.45, 7) is 0. The fourth-order valence-electron chi connectivity index (χ4n) is 1.95. The van der Waals surface area contributed by atoms with Gasteiger partial charge in [-0.25, -0.2) is 10.2 Å². The molecule has 0 saturated heterocycles. The van der Waals surface area contributed by atoms with E-state index in [1.54, 1.807) is 24.3 Å². The minimum atomic E-state index is -1.22. The average molecular weight is 337 g/mol. The van der Waals surface area contributed by atoms with E-state index >= 15 is 0 Å². The number of hydrazone groups is 1. The summed E-state index contributed by atoms with van der Waals surface area (Å²) in [7, 11) is 0. The molecule has 6 heteroatoms. The Morgan fingerprint density at radius 2 is 1.59 bits per heavy atom. The number of carboxylic acid groups (broad SMARTS) is 1. The van der Waals surface area contributed by atoms with E-state index in [0.29, 0.717) is 16.6 Å². The van der Waals surface area contributed by atoms with Crippen molar-refractivity contribution in [3.63, 3.8) is 0 Å². The Kier molecular flexibility index (Phi) is 5.81. The van der Waals surface area contributed by atoms with Gasteiger partial charge in [0.2, 0.25) is 0 Å². The third-order valence-corrected chi connectivity index (χ3v) is 3.43.